The molecule has 0 heterocycles. The Hall–Kier alpha value is -4.44. The van der Waals surface area contributed by atoms with Gasteiger partial charge < -0.3 is 4.74 Å². The molecular formula is C28H22N2O2. The molecule has 0 spiro atoms. The van der Waals surface area contributed by atoms with Gasteiger partial charge in [0, 0.05) is 0 Å². The quantitative estimate of drug-likeness (QED) is 0.214. The average molecular weight is 418 g/mol. The summed E-state index contributed by atoms with van der Waals surface area (Å²) in [6, 6.07) is 34.5. The van der Waals surface area contributed by atoms with E-state index >= 15 is 0 Å². The lowest BCUT2D eigenvalue weighted by molar-refractivity contribution is 0.0953. The molecule has 0 unspecified atom stereocenters. The third-order valence-corrected chi connectivity index (χ3v) is 4.69. The van der Waals surface area contributed by atoms with Gasteiger partial charge in [0.2, 0.25) is 0 Å². The number of carbonyl (C=O) groups is 1. The summed E-state index contributed by atoms with van der Waals surface area (Å²) in [4.78, 5) is 12.6. The van der Waals surface area contributed by atoms with Gasteiger partial charge in [0.1, 0.15) is 11.5 Å². The lowest BCUT2D eigenvalue weighted by Crippen LogP contribution is -2.18. The number of carbonyl (C=O) groups excluding carboxylic acids is 1. The largest absolute Gasteiger partial charge is 0.457 e. The fourth-order valence-corrected chi connectivity index (χ4v) is 3.03. The van der Waals surface area contributed by atoms with Crippen LogP contribution in [0, 0.1) is 0 Å². The van der Waals surface area contributed by atoms with Crippen molar-refractivity contribution in [2.24, 2.45) is 5.10 Å². The number of hydrogen-bond acceptors (Lipinski definition) is 3. The summed E-state index contributed by atoms with van der Waals surface area (Å²) in [7, 11) is 0. The maximum absolute atomic E-state index is 12.6. The highest BCUT2D eigenvalue weighted by Gasteiger charge is 2.12. The standard InChI is InChI=1S/C28H22N2O2/c31-28(26-13-7-8-14-27(26)32-25-11-5-2-6-12-25)30-29-21-24-19-17-23(18-20-24)16-15-22-9-3-1-4-10-22/h1-21H,(H,30,31). The molecule has 0 atom stereocenters. The lowest BCUT2D eigenvalue weighted by atomic mass is 10.1. The summed E-state index contributed by atoms with van der Waals surface area (Å²) in [5.74, 6) is 0.800. The Kier molecular flexibility index (Phi) is 6.86. The number of benzene rings is 4. The van der Waals surface area contributed by atoms with Crippen molar-refractivity contribution in [3.05, 3.63) is 131 Å². The van der Waals surface area contributed by atoms with Gasteiger partial charge >= 0.3 is 0 Å². The first kappa shape index (κ1) is 20.8. The lowest BCUT2D eigenvalue weighted by Gasteiger charge is -2.09. The zero-order chi connectivity index (χ0) is 22.0. The van der Waals surface area contributed by atoms with Crippen LogP contribution in [-0.4, -0.2) is 12.1 Å². The van der Waals surface area contributed by atoms with Crippen LogP contribution in [0.5, 0.6) is 11.5 Å². The molecule has 0 bridgehead atoms. The van der Waals surface area contributed by atoms with Crippen molar-refractivity contribution in [1.29, 1.82) is 0 Å². The summed E-state index contributed by atoms with van der Waals surface area (Å²) in [5, 5.41) is 4.09. The van der Waals surface area contributed by atoms with E-state index in [2.05, 4.69) is 34.8 Å². The van der Waals surface area contributed by atoms with Crippen molar-refractivity contribution in [3.63, 3.8) is 0 Å². The van der Waals surface area contributed by atoms with E-state index in [4.69, 9.17) is 4.74 Å². The normalized spacial score (nSPS) is 11.0. The maximum atomic E-state index is 12.6. The number of para-hydroxylation sites is 2. The van der Waals surface area contributed by atoms with Crippen molar-refractivity contribution >= 4 is 24.3 Å². The number of hydrogen-bond donors (Lipinski definition) is 1. The monoisotopic (exact) mass is 418 g/mol. The van der Waals surface area contributed by atoms with Crippen LogP contribution in [0.15, 0.2) is 114 Å². The number of amides is 1. The van der Waals surface area contributed by atoms with E-state index in [-0.39, 0.29) is 5.91 Å². The summed E-state index contributed by atoms with van der Waals surface area (Å²) in [6.45, 7) is 0. The van der Waals surface area contributed by atoms with E-state index in [0.29, 0.717) is 17.1 Å². The van der Waals surface area contributed by atoms with E-state index in [0.717, 1.165) is 16.7 Å². The molecule has 1 N–H and O–H groups in total. The second-order valence-corrected chi connectivity index (χ2v) is 7.02. The third kappa shape index (κ3) is 5.80. The van der Waals surface area contributed by atoms with Crippen molar-refractivity contribution in [3.8, 4) is 11.5 Å². The molecule has 4 aromatic carbocycles. The average Bonchev–Trinajstić information content (AvgIpc) is 2.85. The highest BCUT2D eigenvalue weighted by molar-refractivity contribution is 5.97. The van der Waals surface area contributed by atoms with Gasteiger partial charge in [-0.05, 0) is 41.0 Å². The second kappa shape index (κ2) is 10.5. The molecule has 0 aliphatic rings. The van der Waals surface area contributed by atoms with Crippen molar-refractivity contribution in [2.45, 2.75) is 0 Å². The minimum atomic E-state index is -0.338. The molecule has 0 aliphatic heterocycles. The fourth-order valence-electron chi connectivity index (χ4n) is 3.03. The Balaban J connectivity index is 1.37. The van der Waals surface area contributed by atoms with Gasteiger partial charge in [0.15, 0.2) is 0 Å². The first-order valence-corrected chi connectivity index (χ1v) is 10.3. The Morgan fingerprint density at radius 1 is 0.656 bits per heavy atom. The van der Waals surface area contributed by atoms with E-state index in [9.17, 15) is 4.79 Å². The zero-order valence-corrected chi connectivity index (χ0v) is 17.4. The second-order valence-electron chi connectivity index (χ2n) is 7.02. The topological polar surface area (TPSA) is 50.7 Å². The van der Waals surface area contributed by atoms with Gasteiger partial charge in [-0.1, -0.05) is 97.1 Å². The number of rotatable bonds is 7. The molecule has 0 saturated heterocycles. The first-order valence-electron chi connectivity index (χ1n) is 10.3. The summed E-state index contributed by atoms with van der Waals surface area (Å²) in [6.07, 6.45) is 5.74. The number of nitrogens with zero attached hydrogens (tertiary/aromatic N) is 1. The minimum Gasteiger partial charge on any atom is -0.457 e. The van der Waals surface area contributed by atoms with Crippen LogP contribution in [-0.2, 0) is 0 Å². The first-order chi connectivity index (χ1) is 15.8. The smallest absolute Gasteiger partial charge is 0.275 e. The van der Waals surface area contributed by atoms with Crippen molar-refractivity contribution in [1.82, 2.24) is 5.43 Å². The van der Waals surface area contributed by atoms with E-state index in [1.54, 1.807) is 24.4 Å². The summed E-state index contributed by atoms with van der Waals surface area (Å²) >= 11 is 0. The summed E-state index contributed by atoms with van der Waals surface area (Å²) in [5.41, 5.74) is 6.10. The molecule has 0 radical (unpaired) electrons. The van der Waals surface area contributed by atoms with Crippen LogP contribution in [0.25, 0.3) is 12.2 Å². The Bertz CT molecular complexity index is 1220. The minimum absolute atomic E-state index is 0.338. The van der Waals surface area contributed by atoms with Gasteiger partial charge in [-0.2, -0.15) is 5.10 Å². The molecular weight excluding hydrogens is 396 g/mol. The maximum Gasteiger partial charge on any atom is 0.275 e. The molecule has 4 nitrogen and oxygen atoms in total. The number of ether oxygens (including phenoxy) is 1. The molecule has 0 fully saturated rings. The van der Waals surface area contributed by atoms with E-state index in [1.807, 2.05) is 78.9 Å². The van der Waals surface area contributed by atoms with Crippen LogP contribution in [0.1, 0.15) is 27.0 Å². The molecule has 1 amide bonds. The Morgan fingerprint density at radius 3 is 1.94 bits per heavy atom. The Labute approximate surface area is 187 Å². The molecule has 32 heavy (non-hydrogen) atoms. The van der Waals surface area contributed by atoms with Gasteiger partial charge in [0.25, 0.3) is 5.91 Å². The highest BCUT2D eigenvalue weighted by atomic mass is 16.5. The van der Waals surface area contributed by atoms with E-state index < -0.39 is 0 Å². The van der Waals surface area contributed by atoms with Crippen LogP contribution in [0.2, 0.25) is 0 Å². The van der Waals surface area contributed by atoms with Gasteiger partial charge in [-0.15, -0.1) is 0 Å². The number of hydrazone groups is 1. The molecule has 156 valence electrons. The molecule has 0 saturated carbocycles. The van der Waals surface area contributed by atoms with Crippen LogP contribution in [0.4, 0.5) is 0 Å². The van der Waals surface area contributed by atoms with Gasteiger partial charge in [-0.25, -0.2) is 5.43 Å². The zero-order valence-electron chi connectivity index (χ0n) is 17.4. The molecule has 0 aliphatic carbocycles. The third-order valence-electron chi connectivity index (χ3n) is 4.69. The molecule has 4 rings (SSSR count). The van der Waals surface area contributed by atoms with Crippen LogP contribution >= 0.6 is 0 Å². The highest BCUT2D eigenvalue weighted by Crippen LogP contribution is 2.24. The van der Waals surface area contributed by atoms with Crippen LogP contribution in [0.3, 0.4) is 0 Å². The predicted molar refractivity (Wildman–Crippen MR) is 130 cm³/mol. The SMILES string of the molecule is O=C(NN=Cc1ccc(C=Cc2ccccc2)cc1)c1ccccc1Oc1ccccc1. The Morgan fingerprint density at radius 2 is 1.22 bits per heavy atom. The fraction of sp³-hybridized carbons (Fsp3) is 0. The molecule has 4 aromatic rings. The number of nitrogens with one attached hydrogen (secondary N) is 1. The molecule has 4 heteroatoms. The van der Waals surface area contributed by atoms with Crippen LogP contribution < -0.4 is 10.2 Å². The van der Waals surface area contributed by atoms with Crippen molar-refractivity contribution in [2.75, 3.05) is 0 Å². The summed E-state index contributed by atoms with van der Waals surface area (Å²) < 4.78 is 5.84. The van der Waals surface area contributed by atoms with Gasteiger partial charge in [-0.3, -0.25) is 4.79 Å². The van der Waals surface area contributed by atoms with Gasteiger partial charge in [0.05, 0.1) is 11.8 Å². The van der Waals surface area contributed by atoms with Crippen molar-refractivity contribution < 1.29 is 9.53 Å². The van der Waals surface area contributed by atoms with E-state index in [1.165, 1.54) is 0 Å². The predicted octanol–water partition coefficient (Wildman–Crippen LogP) is 6.41. The molecule has 0 aromatic heterocycles.